The third kappa shape index (κ3) is 3.40. The van der Waals surface area contributed by atoms with Crippen LogP contribution in [-0.2, 0) is 0 Å². The molecule has 0 saturated heterocycles. The van der Waals surface area contributed by atoms with E-state index in [4.69, 9.17) is 22.1 Å². The Bertz CT molecular complexity index is 314. The van der Waals surface area contributed by atoms with Crippen LogP contribution >= 0.6 is 11.6 Å². The second-order valence-electron chi connectivity index (χ2n) is 3.52. The van der Waals surface area contributed by atoms with Crippen LogP contribution in [0.3, 0.4) is 0 Å². The summed E-state index contributed by atoms with van der Waals surface area (Å²) in [5, 5.41) is 0.643. The molecule has 1 aromatic rings. The van der Waals surface area contributed by atoms with Crippen LogP contribution in [0, 0.1) is 0 Å². The Balaban J connectivity index is 2.86. The minimum atomic E-state index is 0.0754. The lowest BCUT2D eigenvalue weighted by Gasteiger charge is -2.13. The zero-order chi connectivity index (χ0) is 11.3. The van der Waals surface area contributed by atoms with Crippen molar-refractivity contribution in [1.82, 2.24) is 0 Å². The van der Waals surface area contributed by atoms with E-state index < -0.39 is 0 Å². The summed E-state index contributed by atoms with van der Waals surface area (Å²) in [5.41, 5.74) is 7.11. The van der Waals surface area contributed by atoms with E-state index in [0.717, 1.165) is 24.2 Å². The van der Waals surface area contributed by atoms with Gasteiger partial charge in [0.25, 0.3) is 0 Å². The molecular formula is C12H18ClNO. The summed E-state index contributed by atoms with van der Waals surface area (Å²) >= 11 is 5.99. The van der Waals surface area contributed by atoms with Gasteiger partial charge in [-0.2, -0.15) is 0 Å². The van der Waals surface area contributed by atoms with Crippen LogP contribution in [0.4, 0.5) is 0 Å². The van der Waals surface area contributed by atoms with E-state index in [-0.39, 0.29) is 6.04 Å². The molecule has 0 aliphatic carbocycles. The number of halogens is 1. The normalized spacial score (nSPS) is 12.5. The van der Waals surface area contributed by atoms with Crippen LogP contribution in [0.25, 0.3) is 0 Å². The first-order valence-corrected chi connectivity index (χ1v) is 5.74. The molecule has 0 aromatic heterocycles. The van der Waals surface area contributed by atoms with Crippen LogP contribution in [-0.4, -0.2) is 6.61 Å². The fourth-order valence-electron chi connectivity index (χ4n) is 1.49. The minimum Gasteiger partial charge on any atom is -0.492 e. The molecule has 0 amide bonds. The highest BCUT2D eigenvalue weighted by molar-refractivity contribution is 6.32. The van der Waals surface area contributed by atoms with Gasteiger partial charge in [-0.15, -0.1) is 0 Å². The lowest BCUT2D eigenvalue weighted by Crippen LogP contribution is -2.09. The summed E-state index contributed by atoms with van der Waals surface area (Å²) in [6.07, 6.45) is 2.06. The van der Waals surface area contributed by atoms with E-state index in [0.29, 0.717) is 11.6 Å². The highest BCUT2D eigenvalue weighted by Crippen LogP contribution is 2.28. The maximum absolute atomic E-state index is 6.02. The van der Waals surface area contributed by atoms with E-state index in [2.05, 4.69) is 6.92 Å². The molecule has 0 saturated carbocycles. The van der Waals surface area contributed by atoms with Crippen molar-refractivity contribution in [2.24, 2.45) is 5.73 Å². The lowest BCUT2D eigenvalue weighted by atomic mass is 10.0. The Hall–Kier alpha value is -0.730. The van der Waals surface area contributed by atoms with Gasteiger partial charge in [-0.3, -0.25) is 0 Å². The smallest absolute Gasteiger partial charge is 0.138 e. The van der Waals surface area contributed by atoms with Crippen LogP contribution in [0.1, 0.15) is 38.3 Å². The van der Waals surface area contributed by atoms with Gasteiger partial charge in [0, 0.05) is 6.04 Å². The summed E-state index contributed by atoms with van der Waals surface area (Å²) in [4.78, 5) is 0. The maximum Gasteiger partial charge on any atom is 0.138 e. The zero-order valence-electron chi connectivity index (χ0n) is 9.29. The molecule has 0 spiro atoms. The number of rotatable bonds is 5. The van der Waals surface area contributed by atoms with E-state index in [1.54, 1.807) is 0 Å². The van der Waals surface area contributed by atoms with Gasteiger partial charge in [0.2, 0.25) is 0 Å². The monoisotopic (exact) mass is 227 g/mol. The van der Waals surface area contributed by atoms with Crippen molar-refractivity contribution >= 4 is 11.6 Å². The van der Waals surface area contributed by atoms with Crippen molar-refractivity contribution < 1.29 is 4.74 Å². The average molecular weight is 228 g/mol. The van der Waals surface area contributed by atoms with Crippen molar-refractivity contribution in [3.8, 4) is 5.75 Å². The summed E-state index contributed by atoms with van der Waals surface area (Å²) in [7, 11) is 0. The Labute approximate surface area is 96.4 Å². The highest BCUT2D eigenvalue weighted by atomic mass is 35.5. The molecule has 0 fully saturated rings. The van der Waals surface area contributed by atoms with Crippen LogP contribution in [0.5, 0.6) is 5.75 Å². The van der Waals surface area contributed by atoms with Crippen LogP contribution < -0.4 is 10.5 Å². The van der Waals surface area contributed by atoms with Crippen molar-refractivity contribution in [2.75, 3.05) is 6.61 Å². The highest BCUT2D eigenvalue weighted by Gasteiger charge is 2.08. The summed E-state index contributed by atoms with van der Waals surface area (Å²) < 4.78 is 5.42. The molecular weight excluding hydrogens is 210 g/mol. The topological polar surface area (TPSA) is 35.2 Å². The molecule has 0 aliphatic rings. The Kier molecular flexibility index (Phi) is 4.92. The first kappa shape index (κ1) is 12.3. The van der Waals surface area contributed by atoms with Crippen LogP contribution in [0.2, 0.25) is 5.02 Å². The van der Waals surface area contributed by atoms with Gasteiger partial charge in [-0.1, -0.05) is 31.0 Å². The summed E-state index contributed by atoms with van der Waals surface area (Å²) in [6, 6.07) is 5.82. The van der Waals surface area contributed by atoms with E-state index in [9.17, 15) is 0 Å². The van der Waals surface area contributed by atoms with Crippen LogP contribution in [0.15, 0.2) is 18.2 Å². The van der Waals surface area contributed by atoms with E-state index >= 15 is 0 Å². The van der Waals surface area contributed by atoms with E-state index in [1.807, 2.05) is 25.1 Å². The minimum absolute atomic E-state index is 0.0754. The van der Waals surface area contributed by atoms with Gasteiger partial charge in [0.05, 0.1) is 11.6 Å². The van der Waals surface area contributed by atoms with Gasteiger partial charge in [0.1, 0.15) is 5.75 Å². The van der Waals surface area contributed by atoms with E-state index in [1.165, 1.54) is 0 Å². The third-order valence-electron chi connectivity index (χ3n) is 2.28. The fourth-order valence-corrected chi connectivity index (χ4v) is 1.67. The summed E-state index contributed by atoms with van der Waals surface area (Å²) in [5.74, 6) is 0.725. The third-order valence-corrected chi connectivity index (χ3v) is 2.60. The fraction of sp³-hybridized carbons (Fsp3) is 0.500. The number of ether oxygens (including phenoxy) is 1. The molecule has 84 valence electrons. The molecule has 15 heavy (non-hydrogen) atoms. The van der Waals surface area contributed by atoms with Gasteiger partial charge in [-0.25, -0.2) is 0 Å². The largest absolute Gasteiger partial charge is 0.492 e. The number of nitrogens with two attached hydrogens (primary N) is 1. The maximum atomic E-state index is 6.02. The van der Waals surface area contributed by atoms with Crippen molar-refractivity contribution in [3.05, 3.63) is 28.8 Å². The Morgan fingerprint density at radius 1 is 1.40 bits per heavy atom. The van der Waals surface area contributed by atoms with Crippen molar-refractivity contribution in [3.63, 3.8) is 0 Å². The summed E-state index contributed by atoms with van der Waals surface area (Å²) in [6.45, 7) is 4.68. The quantitative estimate of drug-likeness (QED) is 0.835. The predicted octanol–water partition coefficient (Wildman–Crippen LogP) is 3.54. The lowest BCUT2D eigenvalue weighted by molar-refractivity contribution is 0.340. The molecule has 0 heterocycles. The second kappa shape index (κ2) is 5.99. The molecule has 3 heteroatoms. The van der Waals surface area contributed by atoms with Crippen molar-refractivity contribution in [1.29, 1.82) is 0 Å². The molecule has 0 radical (unpaired) electrons. The molecule has 1 unspecified atom stereocenters. The molecule has 0 bridgehead atoms. The van der Waals surface area contributed by atoms with Gasteiger partial charge in [-0.05, 0) is 31.0 Å². The number of benzene rings is 1. The van der Waals surface area contributed by atoms with Gasteiger partial charge >= 0.3 is 0 Å². The van der Waals surface area contributed by atoms with Gasteiger partial charge in [0.15, 0.2) is 0 Å². The average Bonchev–Trinajstić information content (AvgIpc) is 2.22. The second-order valence-corrected chi connectivity index (χ2v) is 3.93. The first-order chi connectivity index (χ1) is 7.19. The van der Waals surface area contributed by atoms with Crippen molar-refractivity contribution in [2.45, 2.75) is 32.7 Å². The molecule has 0 aliphatic heterocycles. The zero-order valence-corrected chi connectivity index (χ0v) is 10.1. The molecule has 2 nitrogen and oxygen atoms in total. The molecule has 1 atom stereocenters. The standard InChI is InChI=1S/C12H18ClNO/c1-3-5-11(14)9-6-7-10(13)12(8-9)15-4-2/h6-8,11H,3-5,14H2,1-2H3. The Morgan fingerprint density at radius 3 is 2.73 bits per heavy atom. The molecule has 2 N–H and O–H groups in total. The number of hydrogen-bond donors (Lipinski definition) is 1. The van der Waals surface area contributed by atoms with Gasteiger partial charge < -0.3 is 10.5 Å². The first-order valence-electron chi connectivity index (χ1n) is 5.36. The SMILES string of the molecule is CCCC(N)c1ccc(Cl)c(OCC)c1. The predicted molar refractivity (Wildman–Crippen MR) is 64.5 cm³/mol. The molecule has 1 aromatic carbocycles. The Morgan fingerprint density at radius 2 is 2.13 bits per heavy atom. The molecule has 1 rings (SSSR count). The number of hydrogen-bond acceptors (Lipinski definition) is 2.